The SMILES string of the molecule is CN1C[C@@H]2CN(C(=O)C(CC(=O)O)NC(=O)OCC3c4ccccc4-c4ccccc43)C[C@@H]2C1. The van der Waals surface area contributed by atoms with Crippen LogP contribution in [0.4, 0.5) is 4.79 Å². The third-order valence-corrected chi connectivity index (χ3v) is 7.29. The third kappa shape index (κ3) is 4.25. The minimum absolute atomic E-state index is 0.105. The van der Waals surface area contributed by atoms with E-state index in [0.717, 1.165) is 35.3 Å². The van der Waals surface area contributed by atoms with Gasteiger partial charge >= 0.3 is 12.1 Å². The molecule has 2 N–H and O–H groups in total. The predicted octanol–water partition coefficient (Wildman–Crippen LogP) is 2.39. The summed E-state index contributed by atoms with van der Waals surface area (Å²) in [6.45, 7) is 3.15. The van der Waals surface area contributed by atoms with Crippen molar-refractivity contribution < 1.29 is 24.2 Å². The van der Waals surface area contributed by atoms with Gasteiger partial charge in [-0.3, -0.25) is 9.59 Å². The Morgan fingerprint density at radius 3 is 2.09 bits per heavy atom. The summed E-state index contributed by atoms with van der Waals surface area (Å²) in [5.74, 6) is -0.811. The first-order chi connectivity index (χ1) is 16.4. The van der Waals surface area contributed by atoms with Gasteiger partial charge in [0.05, 0.1) is 6.42 Å². The second-order valence-corrected chi connectivity index (χ2v) is 9.60. The minimum Gasteiger partial charge on any atom is -0.481 e. The molecule has 3 atom stereocenters. The summed E-state index contributed by atoms with van der Waals surface area (Å²) in [5.41, 5.74) is 4.42. The van der Waals surface area contributed by atoms with Crippen LogP contribution in [0.15, 0.2) is 48.5 Å². The average molecular weight is 464 g/mol. The summed E-state index contributed by atoms with van der Waals surface area (Å²) in [6, 6.07) is 14.9. The molecule has 1 aliphatic carbocycles. The molecule has 178 valence electrons. The molecule has 3 aliphatic rings. The Labute approximate surface area is 198 Å². The number of rotatable bonds is 6. The van der Waals surface area contributed by atoms with Crippen molar-refractivity contribution >= 4 is 18.0 Å². The molecule has 0 radical (unpaired) electrons. The van der Waals surface area contributed by atoms with Crippen LogP contribution < -0.4 is 5.32 Å². The first kappa shape index (κ1) is 22.4. The van der Waals surface area contributed by atoms with E-state index < -0.39 is 24.5 Å². The molecule has 2 saturated heterocycles. The lowest BCUT2D eigenvalue weighted by molar-refractivity contribution is -0.142. The molecule has 5 rings (SSSR count). The van der Waals surface area contributed by atoms with Crippen molar-refractivity contribution in [2.24, 2.45) is 11.8 Å². The van der Waals surface area contributed by atoms with Crippen LogP contribution in [0.1, 0.15) is 23.5 Å². The van der Waals surface area contributed by atoms with Crippen LogP contribution in [0, 0.1) is 11.8 Å². The second kappa shape index (κ2) is 9.10. The zero-order valence-corrected chi connectivity index (χ0v) is 19.1. The lowest BCUT2D eigenvalue weighted by Crippen LogP contribution is -2.49. The number of fused-ring (bicyclic) bond motifs is 4. The van der Waals surface area contributed by atoms with Gasteiger partial charge in [-0.1, -0.05) is 48.5 Å². The zero-order valence-electron chi connectivity index (χ0n) is 19.1. The van der Waals surface area contributed by atoms with Crippen molar-refractivity contribution in [3.63, 3.8) is 0 Å². The van der Waals surface area contributed by atoms with Crippen molar-refractivity contribution in [3.05, 3.63) is 59.7 Å². The summed E-state index contributed by atoms with van der Waals surface area (Å²) in [4.78, 5) is 41.1. The maximum atomic E-state index is 13.1. The highest BCUT2D eigenvalue weighted by molar-refractivity contribution is 5.89. The Bertz CT molecular complexity index is 1060. The number of benzene rings is 2. The number of alkyl carbamates (subject to hydrolysis) is 1. The largest absolute Gasteiger partial charge is 0.481 e. The number of nitrogens with one attached hydrogen (secondary N) is 1. The van der Waals surface area contributed by atoms with E-state index in [2.05, 4.69) is 29.4 Å². The number of carbonyl (C=O) groups excluding carboxylic acids is 2. The molecular weight excluding hydrogens is 434 g/mol. The van der Waals surface area contributed by atoms with Gasteiger partial charge in [0.15, 0.2) is 0 Å². The van der Waals surface area contributed by atoms with Crippen molar-refractivity contribution in [2.75, 3.05) is 39.8 Å². The first-order valence-corrected chi connectivity index (χ1v) is 11.7. The molecule has 2 amide bonds. The van der Waals surface area contributed by atoms with Crippen molar-refractivity contribution in [3.8, 4) is 11.1 Å². The molecular formula is C26H29N3O5. The molecule has 2 aromatic carbocycles. The van der Waals surface area contributed by atoms with Crippen LogP contribution in [0.3, 0.4) is 0 Å². The molecule has 1 unspecified atom stereocenters. The van der Waals surface area contributed by atoms with Crippen LogP contribution >= 0.6 is 0 Å². The Balaban J connectivity index is 1.23. The average Bonchev–Trinajstić information content (AvgIpc) is 3.46. The maximum absolute atomic E-state index is 13.1. The Hall–Kier alpha value is -3.39. The Morgan fingerprint density at radius 1 is 0.971 bits per heavy atom. The topological polar surface area (TPSA) is 99.2 Å². The van der Waals surface area contributed by atoms with Crippen molar-refractivity contribution in [1.29, 1.82) is 0 Å². The fourth-order valence-corrected chi connectivity index (χ4v) is 5.79. The van der Waals surface area contributed by atoms with E-state index in [1.165, 1.54) is 0 Å². The molecule has 0 spiro atoms. The Kier molecular flexibility index (Phi) is 6.00. The highest BCUT2D eigenvalue weighted by atomic mass is 16.5. The molecule has 2 fully saturated rings. The number of likely N-dealkylation sites (tertiary alicyclic amines) is 2. The van der Waals surface area contributed by atoms with Crippen LogP contribution in [0.2, 0.25) is 0 Å². The Morgan fingerprint density at radius 2 is 1.53 bits per heavy atom. The van der Waals surface area contributed by atoms with E-state index in [0.29, 0.717) is 24.9 Å². The zero-order chi connectivity index (χ0) is 23.8. The fraction of sp³-hybridized carbons (Fsp3) is 0.423. The molecule has 0 aromatic heterocycles. The molecule has 0 saturated carbocycles. The fourth-order valence-electron chi connectivity index (χ4n) is 5.79. The highest BCUT2D eigenvalue weighted by Crippen LogP contribution is 2.44. The standard InChI is InChI=1S/C26H29N3O5/c1-28-11-16-13-29(14-17(16)12-28)25(32)23(10-24(30)31)27-26(33)34-15-22-20-8-4-2-6-18(20)19-7-3-5-9-21(19)22/h2-9,16-17,22-23H,10-15H2,1H3,(H,27,33)(H,30,31)/t16-,17+,23?. The summed E-state index contributed by atoms with van der Waals surface area (Å²) >= 11 is 0. The van der Waals surface area contributed by atoms with Gasteiger partial charge in [0, 0.05) is 32.1 Å². The van der Waals surface area contributed by atoms with E-state index in [9.17, 15) is 19.5 Å². The number of carboxylic acids is 1. The highest BCUT2D eigenvalue weighted by Gasteiger charge is 2.42. The number of ether oxygens (including phenoxy) is 1. The minimum atomic E-state index is -1.15. The van der Waals surface area contributed by atoms with Gasteiger partial charge in [0.2, 0.25) is 5.91 Å². The number of aliphatic carboxylic acids is 1. The number of amides is 2. The molecule has 0 bridgehead atoms. The smallest absolute Gasteiger partial charge is 0.407 e. The van der Waals surface area contributed by atoms with E-state index in [1.807, 2.05) is 36.4 Å². The number of carboxylic acid groups (broad SMARTS) is 1. The molecule has 2 aromatic rings. The number of hydrogen-bond donors (Lipinski definition) is 2. The maximum Gasteiger partial charge on any atom is 0.407 e. The number of nitrogens with zero attached hydrogens (tertiary/aromatic N) is 2. The second-order valence-electron chi connectivity index (χ2n) is 9.60. The van der Waals surface area contributed by atoms with E-state index >= 15 is 0 Å². The lowest BCUT2D eigenvalue weighted by Gasteiger charge is -2.25. The first-order valence-electron chi connectivity index (χ1n) is 11.7. The third-order valence-electron chi connectivity index (χ3n) is 7.29. The van der Waals surface area contributed by atoms with Gasteiger partial charge in [-0.05, 0) is 41.1 Å². The van der Waals surface area contributed by atoms with Gasteiger partial charge in [0.25, 0.3) is 0 Å². The van der Waals surface area contributed by atoms with E-state index in [1.54, 1.807) is 4.90 Å². The van der Waals surface area contributed by atoms with Crippen LogP contribution in [0.25, 0.3) is 11.1 Å². The lowest BCUT2D eigenvalue weighted by atomic mass is 9.98. The van der Waals surface area contributed by atoms with Crippen LogP contribution in [-0.2, 0) is 14.3 Å². The summed E-state index contributed by atoms with van der Waals surface area (Å²) in [5, 5.41) is 11.9. The molecule has 2 aliphatic heterocycles. The predicted molar refractivity (Wildman–Crippen MR) is 125 cm³/mol. The van der Waals surface area contributed by atoms with Gasteiger partial charge in [-0.25, -0.2) is 4.79 Å². The summed E-state index contributed by atoms with van der Waals surface area (Å²) in [6.07, 6.45) is -1.25. The van der Waals surface area contributed by atoms with Gasteiger partial charge in [0.1, 0.15) is 12.6 Å². The van der Waals surface area contributed by atoms with Crippen molar-refractivity contribution in [1.82, 2.24) is 15.1 Å². The molecule has 2 heterocycles. The van der Waals surface area contributed by atoms with Crippen molar-refractivity contribution in [2.45, 2.75) is 18.4 Å². The van der Waals surface area contributed by atoms with E-state index in [4.69, 9.17) is 4.74 Å². The number of hydrogen-bond acceptors (Lipinski definition) is 5. The normalized spacial score (nSPS) is 22.1. The van der Waals surface area contributed by atoms with Gasteiger partial charge in [-0.15, -0.1) is 0 Å². The molecule has 34 heavy (non-hydrogen) atoms. The summed E-state index contributed by atoms with van der Waals surface area (Å²) in [7, 11) is 2.07. The van der Waals surface area contributed by atoms with Crippen LogP contribution in [0.5, 0.6) is 0 Å². The molecule has 8 heteroatoms. The number of carbonyl (C=O) groups is 3. The monoisotopic (exact) mass is 463 g/mol. The van der Waals surface area contributed by atoms with Gasteiger partial charge in [-0.2, -0.15) is 0 Å². The quantitative estimate of drug-likeness (QED) is 0.683. The molecule has 8 nitrogen and oxygen atoms in total. The van der Waals surface area contributed by atoms with E-state index in [-0.39, 0.29) is 18.4 Å². The van der Waals surface area contributed by atoms with Crippen LogP contribution in [-0.4, -0.2) is 78.8 Å². The summed E-state index contributed by atoms with van der Waals surface area (Å²) < 4.78 is 5.53. The van der Waals surface area contributed by atoms with Gasteiger partial charge < -0.3 is 25.0 Å².